The van der Waals surface area contributed by atoms with Gasteiger partial charge in [0.15, 0.2) is 11.6 Å². The molecule has 1 saturated heterocycles. The SMILES string of the molecule is COc1cccnc1N1CC(C)(O)C1. The molecule has 0 atom stereocenters. The Hall–Kier alpha value is -1.29. The van der Waals surface area contributed by atoms with E-state index in [-0.39, 0.29) is 0 Å². The van der Waals surface area contributed by atoms with Gasteiger partial charge in [-0.05, 0) is 19.1 Å². The van der Waals surface area contributed by atoms with Gasteiger partial charge in [0.05, 0.1) is 12.7 Å². The van der Waals surface area contributed by atoms with Gasteiger partial charge in [-0.1, -0.05) is 0 Å². The van der Waals surface area contributed by atoms with Crippen molar-refractivity contribution in [3.05, 3.63) is 18.3 Å². The fraction of sp³-hybridized carbons (Fsp3) is 0.500. The summed E-state index contributed by atoms with van der Waals surface area (Å²) in [5.41, 5.74) is -0.581. The van der Waals surface area contributed by atoms with Gasteiger partial charge in [-0.2, -0.15) is 0 Å². The first-order valence-electron chi connectivity index (χ1n) is 4.59. The number of hydrogen-bond donors (Lipinski definition) is 1. The Morgan fingerprint density at radius 2 is 2.29 bits per heavy atom. The zero-order valence-corrected chi connectivity index (χ0v) is 8.40. The molecule has 0 saturated carbocycles. The van der Waals surface area contributed by atoms with Gasteiger partial charge in [-0.3, -0.25) is 0 Å². The second-order valence-corrected chi connectivity index (χ2v) is 3.88. The summed E-state index contributed by atoms with van der Waals surface area (Å²) in [6.45, 7) is 3.04. The van der Waals surface area contributed by atoms with Gasteiger partial charge >= 0.3 is 0 Å². The van der Waals surface area contributed by atoms with Crippen LogP contribution in [0.2, 0.25) is 0 Å². The molecular formula is C10H14N2O2. The van der Waals surface area contributed by atoms with Gasteiger partial charge in [0.1, 0.15) is 0 Å². The van der Waals surface area contributed by atoms with Crippen molar-refractivity contribution in [2.75, 3.05) is 25.1 Å². The summed E-state index contributed by atoms with van der Waals surface area (Å²) in [4.78, 5) is 6.23. The van der Waals surface area contributed by atoms with Crippen molar-refractivity contribution < 1.29 is 9.84 Å². The molecule has 76 valence electrons. The summed E-state index contributed by atoms with van der Waals surface area (Å²) in [7, 11) is 1.62. The first-order valence-corrected chi connectivity index (χ1v) is 4.59. The second kappa shape index (κ2) is 3.13. The van der Waals surface area contributed by atoms with E-state index in [1.165, 1.54) is 0 Å². The molecule has 0 unspecified atom stereocenters. The summed E-state index contributed by atoms with van der Waals surface area (Å²) >= 11 is 0. The van der Waals surface area contributed by atoms with Crippen molar-refractivity contribution >= 4 is 5.82 Å². The maximum Gasteiger partial charge on any atom is 0.171 e. The molecular weight excluding hydrogens is 180 g/mol. The molecule has 1 N–H and O–H groups in total. The lowest BCUT2D eigenvalue weighted by atomic mass is 9.97. The van der Waals surface area contributed by atoms with E-state index < -0.39 is 5.60 Å². The van der Waals surface area contributed by atoms with Gasteiger partial charge < -0.3 is 14.7 Å². The molecule has 1 aliphatic rings. The maximum atomic E-state index is 9.60. The van der Waals surface area contributed by atoms with Crippen molar-refractivity contribution in [3.8, 4) is 5.75 Å². The Morgan fingerprint density at radius 1 is 1.57 bits per heavy atom. The van der Waals surface area contributed by atoms with E-state index >= 15 is 0 Å². The Balaban J connectivity index is 2.18. The first-order chi connectivity index (χ1) is 6.62. The van der Waals surface area contributed by atoms with Crippen molar-refractivity contribution in [2.45, 2.75) is 12.5 Å². The Labute approximate surface area is 83.1 Å². The number of nitrogens with zero attached hydrogens (tertiary/aromatic N) is 2. The largest absolute Gasteiger partial charge is 0.493 e. The Bertz CT molecular complexity index is 331. The van der Waals surface area contributed by atoms with E-state index in [0.717, 1.165) is 11.6 Å². The Morgan fingerprint density at radius 3 is 2.86 bits per heavy atom. The highest BCUT2D eigenvalue weighted by molar-refractivity contribution is 5.54. The normalized spacial score (nSPS) is 18.9. The van der Waals surface area contributed by atoms with Crippen LogP contribution >= 0.6 is 0 Å². The number of rotatable bonds is 2. The molecule has 0 amide bonds. The average molecular weight is 194 g/mol. The molecule has 0 spiro atoms. The first kappa shape index (κ1) is 9.27. The number of pyridine rings is 1. The third-order valence-corrected chi connectivity index (χ3v) is 2.33. The second-order valence-electron chi connectivity index (χ2n) is 3.88. The van der Waals surface area contributed by atoms with Crippen molar-refractivity contribution in [2.24, 2.45) is 0 Å². The summed E-state index contributed by atoms with van der Waals surface area (Å²) < 4.78 is 5.18. The molecule has 4 nitrogen and oxygen atoms in total. The number of β-amino-alcohol motifs (C(OH)–C–C–N with tert-alkyl or cyclic N) is 1. The van der Waals surface area contributed by atoms with Gasteiger partial charge in [-0.15, -0.1) is 0 Å². The molecule has 2 heterocycles. The summed E-state index contributed by atoms with van der Waals surface area (Å²) in [6.07, 6.45) is 1.73. The van der Waals surface area contributed by atoms with Crippen LogP contribution in [0.15, 0.2) is 18.3 Å². The van der Waals surface area contributed by atoms with Crippen LogP contribution in [0.5, 0.6) is 5.75 Å². The minimum atomic E-state index is -0.581. The van der Waals surface area contributed by atoms with Crippen LogP contribution in [0, 0.1) is 0 Å². The smallest absolute Gasteiger partial charge is 0.171 e. The number of anilines is 1. The van der Waals surface area contributed by atoms with Crippen molar-refractivity contribution in [1.82, 2.24) is 4.98 Å². The predicted molar refractivity (Wildman–Crippen MR) is 53.6 cm³/mol. The summed E-state index contributed by atoms with van der Waals surface area (Å²) in [5.74, 6) is 1.56. The summed E-state index contributed by atoms with van der Waals surface area (Å²) in [6, 6.07) is 3.70. The minimum Gasteiger partial charge on any atom is -0.493 e. The van der Waals surface area contributed by atoms with E-state index in [1.54, 1.807) is 13.3 Å². The molecule has 2 rings (SSSR count). The van der Waals surface area contributed by atoms with E-state index in [1.807, 2.05) is 24.0 Å². The molecule has 14 heavy (non-hydrogen) atoms. The van der Waals surface area contributed by atoms with E-state index in [0.29, 0.717) is 13.1 Å². The van der Waals surface area contributed by atoms with E-state index in [4.69, 9.17) is 4.74 Å². The van der Waals surface area contributed by atoms with Crippen LogP contribution in [0.4, 0.5) is 5.82 Å². The van der Waals surface area contributed by atoms with E-state index in [2.05, 4.69) is 4.98 Å². The molecule has 1 aliphatic heterocycles. The topological polar surface area (TPSA) is 45.6 Å². The lowest BCUT2D eigenvalue weighted by molar-refractivity contribution is 0.0302. The standard InChI is InChI=1S/C10H14N2O2/c1-10(13)6-12(7-10)9-8(14-2)4-3-5-11-9/h3-5,13H,6-7H2,1-2H3. The highest BCUT2D eigenvalue weighted by Crippen LogP contribution is 2.32. The maximum absolute atomic E-state index is 9.60. The van der Waals surface area contributed by atoms with Crippen LogP contribution in [-0.2, 0) is 0 Å². The number of methoxy groups -OCH3 is 1. The van der Waals surface area contributed by atoms with Crippen molar-refractivity contribution in [1.29, 1.82) is 0 Å². The van der Waals surface area contributed by atoms with Crippen LogP contribution in [-0.4, -0.2) is 35.9 Å². The fourth-order valence-corrected chi connectivity index (χ4v) is 1.70. The fourth-order valence-electron chi connectivity index (χ4n) is 1.70. The molecule has 1 fully saturated rings. The third kappa shape index (κ3) is 1.53. The van der Waals surface area contributed by atoms with Crippen LogP contribution in [0.1, 0.15) is 6.92 Å². The lowest BCUT2D eigenvalue weighted by Gasteiger charge is -2.45. The van der Waals surface area contributed by atoms with Gasteiger partial charge in [0.25, 0.3) is 0 Å². The lowest BCUT2D eigenvalue weighted by Crippen LogP contribution is -2.60. The van der Waals surface area contributed by atoms with Gasteiger partial charge in [-0.25, -0.2) is 4.98 Å². The average Bonchev–Trinajstić information content (AvgIpc) is 2.14. The zero-order chi connectivity index (χ0) is 10.2. The Kier molecular flexibility index (Phi) is 2.07. The van der Waals surface area contributed by atoms with Gasteiger partial charge in [0.2, 0.25) is 0 Å². The third-order valence-electron chi connectivity index (χ3n) is 2.33. The molecule has 1 aromatic rings. The van der Waals surface area contributed by atoms with Crippen LogP contribution in [0.3, 0.4) is 0 Å². The number of aliphatic hydroxyl groups is 1. The van der Waals surface area contributed by atoms with Crippen LogP contribution in [0.25, 0.3) is 0 Å². The highest BCUT2D eigenvalue weighted by atomic mass is 16.5. The van der Waals surface area contributed by atoms with E-state index in [9.17, 15) is 5.11 Å². The molecule has 0 radical (unpaired) electrons. The number of aromatic nitrogens is 1. The minimum absolute atomic E-state index is 0.581. The monoisotopic (exact) mass is 194 g/mol. The number of hydrogen-bond acceptors (Lipinski definition) is 4. The molecule has 0 aliphatic carbocycles. The molecule has 4 heteroatoms. The van der Waals surface area contributed by atoms with Crippen LogP contribution < -0.4 is 9.64 Å². The highest BCUT2D eigenvalue weighted by Gasteiger charge is 2.38. The molecule has 0 bridgehead atoms. The predicted octanol–water partition coefficient (Wildman–Crippen LogP) is 0.661. The molecule has 1 aromatic heterocycles. The quantitative estimate of drug-likeness (QED) is 0.751. The van der Waals surface area contributed by atoms with Gasteiger partial charge in [0, 0.05) is 19.3 Å². The molecule has 0 aromatic carbocycles. The van der Waals surface area contributed by atoms with Crippen molar-refractivity contribution in [3.63, 3.8) is 0 Å². The number of ether oxygens (including phenoxy) is 1. The zero-order valence-electron chi connectivity index (χ0n) is 8.40. The summed E-state index contributed by atoms with van der Waals surface area (Å²) in [5, 5.41) is 9.60.